The Kier molecular flexibility index (Phi) is 0.832. The quantitative estimate of drug-likeness (QED) is 0.443. The third-order valence-corrected chi connectivity index (χ3v) is 3.97. The van der Waals surface area contributed by atoms with Crippen molar-refractivity contribution < 1.29 is 0 Å². The van der Waals surface area contributed by atoms with Crippen LogP contribution in [0.15, 0.2) is 0 Å². The molecule has 0 saturated heterocycles. The van der Waals surface area contributed by atoms with Gasteiger partial charge in [-0.15, -0.1) is 0 Å². The Labute approximate surface area is 63.8 Å². The molecule has 4 bridgehead atoms. The SMILES string of the molecule is [B]C12CC3CC(C1)C(C3)C2. The molecular weight excluding hydrogens is 119 g/mol. The van der Waals surface area contributed by atoms with Crippen LogP contribution in [0.4, 0.5) is 0 Å². The lowest BCUT2D eigenvalue weighted by molar-refractivity contribution is 0.295. The second-order valence-electron chi connectivity index (χ2n) is 4.83. The van der Waals surface area contributed by atoms with Crippen LogP contribution in [-0.4, -0.2) is 7.85 Å². The highest BCUT2D eigenvalue weighted by molar-refractivity contribution is 6.15. The third-order valence-electron chi connectivity index (χ3n) is 3.97. The fourth-order valence-corrected chi connectivity index (χ4v) is 3.87. The van der Waals surface area contributed by atoms with Gasteiger partial charge in [-0.1, -0.05) is 24.6 Å². The van der Waals surface area contributed by atoms with E-state index in [2.05, 4.69) is 0 Å². The smallest absolute Gasteiger partial charge is 0.0653 e. The summed E-state index contributed by atoms with van der Waals surface area (Å²) in [6, 6.07) is 0. The summed E-state index contributed by atoms with van der Waals surface area (Å²) in [4.78, 5) is 0. The van der Waals surface area contributed by atoms with E-state index in [1.807, 2.05) is 0 Å². The summed E-state index contributed by atoms with van der Waals surface area (Å²) in [5.41, 5.74) is 0. The normalized spacial score (nSPS) is 63.8. The summed E-state index contributed by atoms with van der Waals surface area (Å²) in [7, 11) is 6.22. The van der Waals surface area contributed by atoms with Crippen molar-refractivity contribution in [2.75, 3.05) is 0 Å². The lowest BCUT2D eigenvalue weighted by atomic mass is 9.58. The molecule has 10 heavy (non-hydrogen) atoms. The van der Waals surface area contributed by atoms with E-state index in [9.17, 15) is 0 Å². The Morgan fingerprint density at radius 1 is 1.00 bits per heavy atom. The van der Waals surface area contributed by atoms with E-state index in [-0.39, 0.29) is 0 Å². The van der Waals surface area contributed by atoms with Crippen LogP contribution in [0.25, 0.3) is 0 Å². The molecule has 1 heteroatoms. The Hall–Kier alpha value is 0.0649. The second kappa shape index (κ2) is 1.46. The molecule has 2 atom stereocenters. The summed E-state index contributed by atoms with van der Waals surface area (Å²) < 4.78 is 0. The van der Waals surface area contributed by atoms with Crippen LogP contribution in [0.5, 0.6) is 0 Å². The summed E-state index contributed by atoms with van der Waals surface area (Å²) in [6.45, 7) is 0. The van der Waals surface area contributed by atoms with Crippen LogP contribution >= 0.6 is 0 Å². The van der Waals surface area contributed by atoms with Crippen molar-refractivity contribution >= 4 is 7.85 Å². The summed E-state index contributed by atoms with van der Waals surface area (Å²) in [5.74, 6) is 3.12. The van der Waals surface area contributed by atoms with Gasteiger partial charge in [0.25, 0.3) is 0 Å². The molecule has 52 valence electrons. The van der Waals surface area contributed by atoms with Gasteiger partial charge in [-0.2, -0.15) is 0 Å². The van der Waals surface area contributed by atoms with E-state index in [1.165, 1.54) is 32.1 Å². The summed E-state index contributed by atoms with van der Waals surface area (Å²) in [5, 5.41) is 0.316. The van der Waals surface area contributed by atoms with Gasteiger partial charge in [-0.05, 0) is 30.6 Å². The molecule has 0 amide bonds. The predicted molar refractivity (Wildman–Crippen MR) is 42.0 cm³/mol. The van der Waals surface area contributed by atoms with Crippen molar-refractivity contribution in [3.63, 3.8) is 0 Å². The van der Waals surface area contributed by atoms with Gasteiger partial charge in [0.1, 0.15) is 0 Å². The molecule has 0 nitrogen and oxygen atoms in total. The molecule has 0 aromatic rings. The fourth-order valence-electron chi connectivity index (χ4n) is 3.87. The zero-order valence-electron chi connectivity index (χ0n) is 6.34. The van der Waals surface area contributed by atoms with Crippen LogP contribution in [0, 0.1) is 17.8 Å². The lowest BCUT2D eigenvalue weighted by Gasteiger charge is -2.35. The maximum Gasteiger partial charge on any atom is 0.0746 e. The summed E-state index contributed by atoms with van der Waals surface area (Å²) >= 11 is 0. The van der Waals surface area contributed by atoms with E-state index in [1.54, 1.807) is 0 Å². The van der Waals surface area contributed by atoms with E-state index in [0.717, 1.165) is 17.8 Å². The van der Waals surface area contributed by atoms with Crippen molar-refractivity contribution in [2.24, 2.45) is 17.8 Å². The zero-order valence-corrected chi connectivity index (χ0v) is 6.34. The van der Waals surface area contributed by atoms with E-state index in [4.69, 9.17) is 7.85 Å². The molecule has 4 fully saturated rings. The van der Waals surface area contributed by atoms with E-state index >= 15 is 0 Å². The van der Waals surface area contributed by atoms with Gasteiger partial charge < -0.3 is 0 Å². The molecule has 2 unspecified atom stereocenters. The average Bonchev–Trinajstić information content (AvgIpc) is 2.16. The van der Waals surface area contributed by atoms with Crippen molar-refractivity contribution in [3.8, 4) is 0 Å². The minimum absolute atomic E-state index is 0.316. The molecule has 0 spiro atoms. The largest absolute Gasteiger partial charge is 0.0746 e. The monoisotopic (exact) mass is 132 g/mol. The molecule has 0 N–H and O–H groups in total. The van der Waals surface area contributed by atoms with Crippen LogP contribution in [0.3, 0.4) is 0 Å². The second-order valence-corrected chi connectivity index (χ2v) is 4.83. The highest BCUT2D eigenvalue weighted by atomic mass is 14.6. The topological polar surface area (TPSA) is 0 Å². The standard InChI is InChI=1S/C9H13B/c10-9-3-6-1-7(4-9)8(2-6)5-9/h6-8H,1-5H2. The van der Waals surface area contributed by atoms with Crippen molar-refractivity contribution in [3.05, 3.63) is 0 Å². The molecule has 0 aromatic carbocycles. The molecular formula is C9H13B. The fraction of sp³-hybridized carbons (Fsp3) is 1.00. The molecule has 0 heterocycles. The Morgan fingerprint density at radius 3 is 2.00 bits per heavy atom. The van der Waals surface area contributed by atoms with Gasteiger partial charge in [-0.3, -0.25) is 0 Å². The Morgan fingerprint density at radius 2 is 1.60 bits per heavy atom. The average molecular weight is 132 g/mol. The minimum Gasteiger partial charge on any atom is -0.0653 e. The first-order valence-electron chi connectivity index (χ1n) is 4.54. The van der Waals surface area contributed by atoms with Crippen LogP contribution in [-0.2, 0) is 0 Å². The molecule has 2 radical (unpaired) electrons. The van der Waals surface area contributed by atoms with Gasteiger partial charge in [0.05, 0.1) is 7.85 Å². The first-order chi connectivity index (χ1) is 4.75. The zero-order chi connectivity index (χ0) is 6.77. The molecule has 4 saturated carbocycles. The van der Waals surface area contributed by atoms with Crippen LogP contribution in [0.1, 0.15) is 32.1 Å². The first-order valence-corrected chi connectivity index (χ1v) is 4.54. The third kappa shape index (κ3) is 0.550. The highest BCUT2D eigenvalue weighted by Crippen LogP contribution is 2.66. The van der Waals surface area contributed by atoms with Gasteiger partial charge in [0.2, 0.25) is 0 Å². The first kappa shape index (κ1) is 5.68. The van der Waals surface area contributed by atoms with Crippen molar-refractivity contribution in [2.45, 2.75) is 37.4 Å². The number of hydrogen-bond donors (Lipinski definition) is 0. The van der Waals surface area contributed by atoms with Crippen LogP contribution in [0.2, 0.25) is 5.31 Å². The maximum absolute atomic E-state index is 6.22. The molecule has 0 aromatic heterocycles. The number of rotatable bonds is 0. The van der Waals surface area contributed by atoms with Crippen molar-refractivity contribution in [1.82, 2.24) is 0 Å². The van der Waals surface area contributed by atoms with Crippen molar-refractivity contribution in [1.29, 1.82) is 0 Å². The Bertz CT molecular complexity index is 156. The van der Waals surface area contributed by atoms with Gasteiger partial charge in [0.15, 0.2) is 0 Å². The van der Waals surface area contributed by atoms with Gasteiger partial charge in [0, 0.05) is 0 Å². The summed E-state index contributed by atoms with van der Waals surface area (Å²) in [6.07, 6.45) is 7.09. The predicted octanol–water partition coefficient (Wildman–Crippen LogP) is 2.15. The molecule has 0 aliphatic heterocycles. The van der Waals surface area contributed by atoms with Crippen LogP contribution < -0.4 is 0 Å². The van der Waals surface area contributed by atoms with E-state index < -0.39 is 0 Å². The minimum atomic E-state index is 0.316. The van der Waals surface area contributed by atoms with Gasteiger partial charge >= 0.3 is 0 Å². The van der Waals surface area contributed by atoms with E-state index in [0.29, 0.717) is 5.31 Å². The van der Waals surface area contributed by atoms with Gasteiger partial charge in [-0.25, -0.2) is 0 Å². The molecule has 4 aliphatic rings. The lowest BCUT2D eigenvalue weighted by Crippen LogP contribution is -2.20. The molecule has 4 aliphatic carbocycles. The maximum atomic E-state index is 6.22. The number of hydrogen-bond acceptors (Lipinski definition) is 0. The Balaban J connectivity index is 2.01. The highest BCUT2D eigenvalue weighted by Gasteiger charge is 2.52. The molecule has 4 rings (SSSR count).